The molecule has 8 heteroatoms. The van der Waals surface area contributed by atoms with Crippen molar-refractivity contribution in [3.63, 3.8) is 0 Å². The molecule has 2 bridgehead atoms. The van der Waals surface area contributed by atoms with Gasteiger partial charge >= 0.3 is 6.09 Å². The van der Waals surface area contributed by atoms with Crippen molar-refractivity contribution in [1.82, 2.24) is 14.8 Å². The van der Waals surface area contributed by atoms with Gasteiger partial charge in [0, 0.05) is 19.6 Å². The third kappa shape index (κ3) is 3.86. The van der Waals surface area contributed by atoms with Crippen molar-refractivity contribution < 1.29 is 18.7 Å². The first-order valence-electron chi connectivity index (χ1n) is 8.24. The van der Waals surface area contributed by atoms with Gasteiger partial charge in [0.15, 0.2) is 0 Å². The molecule has 2 fully saturated rings. The third-order valence-electron chi connectivity index (χ3n) is 4.36. The van der Waals surface area contributed by atoms with Crippen LogP contribution < -0.4 is 0 Å². The molecule has 1 aromatic heterocycles. The highest BCUT2D eigenvalue weighted by atomic mass is 35.5. The molecular formula is C17H21ClFN3O3. The topological polar surface area (TPSA) is 62.7 Å². The smallest absolute Gasteiger partial charge is 0.410 e. The van der Waals surface area contributed by atoms with Gasteiger partial charge in [0.1, 0.15) is 16.6 Å². The van der Waals surface area contributed by atoms with E-state index >= 15 is 0 Å². The van der Waals surface area contributed by atoms with Gasteiger partial charge in [-0.25, -0.2) is 14.2 Å². The number of likely N-dealkylation sites (tertiary alicyclic amines) is 2. The number of piperidine rings is 1. The monoisotopic (exact) mass is 369 g/mol. The Morgan fingerprint density at radius 1 is 1.32 bits per heavy atom. The van der Waals surface area contributed by atoms with Gasteiger partial charge in [0.25, 0.3) is 5.91 Å². The maximum absolute atomic E-state index is 13.4. The summed E-state index contributed by atoms with van der Waals surface area (Å²) in [5.41, 5.74) is -0.517. The van der Waals surface area contributed by atoms with Crippen molar-refractivity contribution in [2.75, 3.05) is 19.6 Å². The Hall–Kier alpha value is -1.89. The normalized spacial score (nSPS) is 22.9. The summed E-state index contributed by atoms with van der Waals surface area (Å²) in [5.74, 6) is -0.795. The zero-order chi connectivity index (χ0) is 18.4. The lowest BCUT2D eigenvalue weighted by Gasteiger charge is -2.33. The number of pyridine rings is 1. The maximum atomic E-state index is 13.4. The van der Waals surface area contributed by atoms with E-state index in [1.165, 1.54) is 0 Å². The Labute approximate surface area is 150 Å². The minimum atomic E-state index is -0.608. The van der Waals surface area contributed by atoms with E-state index in [0.29, 0.717) is 19.6 Å². The maximum Gasteiger partial charge on any atom is 0.410 e. The van der Waals surface area contributed by atoms with E-state index < -0.39 is 11.4 Å². The van der Waals surface area contributed by atoms with Crippen LogP contribution in [0.15, 0.2) is 12.3 Å². The van der Waals surface area contributed by atoms with E-state index in [1.807, 2.05) is 20.8 Å². The Morgan fingerprint density at radius 3 is 2.72 bits per heavy atom. The van der Waals surface area contributed by atoms with Crippen molar-refractivity contribution in [2.45, 2.75) is 38.8 Å². The lowest BCUT2D eigenvalue weighted by Crippen LogP contribution is -2.47. The number of halogens is 2. The zero-order valence-corrected chi connectivity index (χ0v) is 15.2. The highest BCUT2D eigenvalue weighted by Crippen LogP contribution is 2.32. The van der Waals surface area contributed by atoms with Crippen molar-refractivity contribution in [3.05, 3.63) is 28.8 Å². The summed E-state index contributed by atoms with van der Waals surface area (Å²) >= 11 is 5.94. The number of carbonyl (C=O) groups is 2. The molecular weight excluding hydrogens is 349 g/mol. The number of hydrogen-bond acceptors (Lipinski definition) is 4. The van der Waals surface area contributed by atoms with Gasteiger partial charge in [0.05, 0.1) is 17.8 Å². The summed E-state index contributed by atoms with van der Waals surface area (Å²) in [7, 11) is 0. The molecule has 0 N–H and O–H groups in total. The van der Waals surface area contributed by atoms with Crippen molar-refractivity contribution in [1.29, 1.82) is 0 Å². The average Bonchev–Trinajstić information content (AvgIpc) is 2.81. The molecule has 2 saturated heterocycles. The molecule has 0 radical (unpaired) electrons. The first kappa shape index (κ1) is 17.9. The Morgan fingerprint density at radius 2 is 2.04 bits per heavy atom. The number of aromatic nitrogens is 1. The van der Waals surface area contributed by atoms with Crippen LogP contribution in [0, 0.1) is 11.7 Å². The van der Waals surface area contributed by atoms with Crippen LogP contribution in [0.25, 0.3) is 0 Å². The Bertz CT molecular complexity index is 707. The number of ether oxygens (including phenoxy) is 1. The van der Waals surface area contributed by atoms with E-state index in [1.54, 1.807) is 9.80 Å². The summed E-state index contributed by atoms with van der Waals surface area (Å²) in [6.45, 7) is 6.90. The van der Waals surface area contributed by atoms with Gasteiger partial charge < -0.3 is 14.5 Å². The predicted molar refractivity (Wildman–Crippen MR) is 89.9 cm³/mol. The minimum Gasteiger partial charge on any atom is -0.444 e. The Balaban J connectivity index is 1.73. The number of hydrogen-bond donors (Lipinski definition) is 0. The van der Waals surface area contributed by atoms with E-state index in [2.05, 4.69) is 4.98 Å². The van der Waals surface area contributed by atoms with E-state index in [0.717, 1.165) is 18.7 Å². The fourth-order valence-corrected chi connectivity index (χ4v) is 3.60. The number of fused-ring (bicyclic) bond motifs is 2. The first-order valence-corrected chi connectivity index (χ1v) is 8.62. The van der Waals surface area contributed by atoms with Crippen LogP contribution in [0.5, 0.6) is 0 Å². The van der Waals surface area contributed by atoms with Crippen molar-refractivity contribution >= 4 is 23.6 Å². The van der Waals surface area contributed by atoms with Crippen LogP contribution in [0.1, 0.15) is 37.6 Å². The fraction of sp³-hybridized carbons (Fsp3) is 0.588. The molecule has 2 aliphatic heterocycles. The minimum absolute atomic E-state index is 0.0201. The molecule has 2 aliphatic rings. The molecule has 0 aliphatic carbocycles. The summed E-state index contributed by atoms with van der Waals surface area (Å²) in [6, 6.07) is 0.998. The van der Waals surface area contributed by atoms with Crippen LogP contribution in [-0.2, 0) is 4.74 Å². The van der Waals surface area contributed by atoms with Crippen LogP contribution in [0.4, 0.5) is 9.18 Å². The van der Waals surface area contributed by atoms with Gasteiger partial charge in [-0.05, 0) is 39.2 Å². The van der Waals surface area contributed by atoms with Crippen LogP contribution in [-0.4, -0.2) is 58.1 Å². The lowest BCUT2D eigenvalue weighted by molar-refractivity contribution is 0.0207. The SMILES string of the molecule is CC(C)(C)OC(=O)N1CC2CC1CN(C(=O)c1cc(F)cnc1Cl)C2. The summed E-state index contributed by atoms with van der Waals surface area (Å²) in [6.07, 6.45) is 1.45. The third-order valence-corrected chi connectivity index (χ3v) is 4.66. The van der Waals surface area contributed by atoms with Crippen LogP contribution >= 0.6 is 11.6 Å². The standard InChI is InChI=1S/C17H21ClFN3O3/c1-17(2,3)25-16(24)22-8-10-4-12(22)9-21(7-10)15(23)13-5-11(19)6-20-14(13)18/h5-6,10,12H,4,7-9H2,1-3H3. The Kier molecular flexibility index (Phi) is 4.62. The largest absolute Gasteiger partial charge is 0.444 e. The van der Waals surface area contributed by atoms with Gasteiger partial charge in [-0.2, -0.15) is 0 Å². The summed E-state index contributed by atoms with van der Waals surface area (Å²) < 4.78 is 18.9. The second kappa shape index (κ2) is 6.44. The second-order valence-corrected chi connectivity index (χ2v) is 7.95. The van der Waals surface area contributed by atoms with E-state index in [-0.39, 0.29) is 34.7 Å². The quantitative estimate of drug-likeness (QED) is 0.714. The van der Waals surface area contributed by atoms with Gasteiger partial charge in [-0.3, -0.25) is 4.79 Å². The highest BCUT2D eigenvalue weighted by molar-refractivity contribution is 6.32. The van der Waals surface area contributed by atoms with Gasteiger partial charge in [-0.15, -0.1) is 0 Å². The molecule has 2 atom stereocenters. The molecule has 2 unspecified atom stereocenters. The van der Waals surface area contributed by atoms with Crippen molar-refractivity contribution in [3.8, 4) is 0 Å². The average molecular weight is 370 g/mol. The molecule has 25 heavy (non-hydrogen) atoms. The van der Waals surface area contributed by atoms with Crippen molar-refractivity contribution in [2.24, 2.45) is 5.92 Å². The highest BCUT2D eigenvalue weighted by Gasteiger charge is 2.43. The summed E-state index contributed by atoms with van der Waals surface area (Å²) in [4.78, 5) is 32.1. The van der Waals surface area contributed by atoms with E-state index in [9.17, 15) is 14.0 Å². The van der Waals surface area contributed by atoms with Gasteiger partial charge in [0.2, 0.25) is 0 Å². The molecule has 3 heterocycles. The number of nitrogens with zero attached hydrogens (tertiary/aromatic N) is 3. The predicted octanol–water partition coefficient (Wildman–Crippen LogP) is 2.96. The number of amides is 2. The number of rotatable bonds is 1. The molecule has 3 rings (SSSR count). The lowest BCUT2D eigenvalue weighted by atomic mass is 9.99. The van der Waals surface area contributed by atoms with Crippen LogP contribution in [0.2, 0.25) is 5.15 Å². The number of carbonyl (C=O) groups excluding carboxylic acids is 2. The zero-order valence-electron chi connectivity index (χ0n) is 14.5. The van der Waals surface area contributed by atoms with E-state index in [4.69, 9.17) is 16.3 Å². The molecule has 0 saturated carbocycles. The molecule has 6 nitrogen and oxygen atoms in total. The molecule has 1 aromatic rings. The molecule has 0 aromatic carbocycles. The fourth-order valence-electron chi connectivity index (χ4n) is 3.41. The summed E-state index contributed by atoms with van der Waals surface area (Å²) in [5, 5.41) is -0.0201. The molecule has 136 valence electrons. The van der Waals surface area contributed by atoms with Gasteiger partial charge in [-0.1, -0.05) is 11.6 Å². The first-order chi connectivity index (χ1) is 11.6. The van der Waals surface area contributed by atoms with Crippen LogP contribution in [0.3, 0.4) is 0 Å². The molecule has 2 amide bonds. The molecule has 0 spiro atoms. The second-order valence-electron chi connectivity index (χ2n) is 7.59.